The summed E-state index contributed by atoms with van der Waals surface area (Å²) < 4.78 is 5.39. The second-order valence-electron chi connectivity index (χ2n) is 6.17. The maximum absolute atomic E-state index is 12.9. The molecule has 0 aliphatic carbocycles. The highest BCUT2D eigenvalue weighted by atomic mass is 16.5. The second-order valence-corrected chi connectivity index (χ2v) is 6.17. The van der Waals surface area contributed by atoms with Crippen LogP contribution in [0.1, 0.15) is 17.3 Å². The van der Waals surface area contributed by atoms with E-state index >= 15 is 0 Å². The Bertz CT molecular complexity index is 716. The molecule has 1 aliphatic heterocycles. The number of carbonyl (C=O) groups is 2. The molecule has 1 aliphatic rings. The number of hydrogen-bond acceptors (Lipinski definition) is 6. The molecule has 1 fully saturated rings. The molecule has 2 N–H and O–H groups in total. The second kappa shape index (κ2) is 10.4. The maximum Gasteiger partial charge on any atom is 0.290 e. The van der Waals surface area contributed by atoms with Crippen LogP contribution >= 0.6 is 0 Å². The van der Waals surface area contributed by atoms with E-state index in [9.17, 15) is 4.79 Å². The summed E-state index contributed by atoms with van der Waals surface area (Å²) in [5.74, 6) is 0.593. The molecule has 1 aromatic carbocycles. The third kappa shape index (κ3) is 5.60. The van der Waals surface area contributed by atoms with Crippen LogP contribution in [0.25, 0.3) is 11.4 Å². The lowest BCUT2D eigenvalue weighted by Crippen LogP contribution is -2.47. The van der Waals surface area contributed by atoms with Crippen molar-refractivity contribution < 1.29 is 19.4 Å². The number of carboxylic acid groups (broad SMARTS) is 1. The number of ether oxygens (including phenoxy) is 1. The Balaban J connectivity index is 0.000000817. The number of amides is 1. The molecular formula is C18H25N5O4. The van der Waals surface area contributed by atoms with Crippen molar-refractivity contribution in [2.45, 2.75) is 13.0 Å². The predicted octanol–water partition coefficient (Wildman–Crippen LogP) is 0.965. The van der Waals surface area contributed by atoms with Crippen molar-refractivity contribution in [1.29, 1.82) is 0 Å². The molecule has 1 amide bonds. The average Bonchev–Trinajstić information content (AvgIpc) is 3.23. The van der Waals surface area contributed by atoms with Gasteiger partial charge in [0.25, 0.3) is 12.4 Å². The number of aromatic nitrogens is 3. The quantitative estimate of drug-likeness (QED) is 0.749. The van der Waals surface area contributed by atoms with Crippen molar-refractivity contribution in [1.82, 2.24) is 25.0 Å². The summed E-state index contributed by atoms with van der Waals surface area (Å²) in [6, 6.07) is 7.76. The molecule has 3 rings (SSSR count). The summed E-state index contributed by atoms with van der Waals surface area (Å²) in [5.41, 5.74) is 1.40. The van der Waals surface area contributed by atoms with Crippen molar-refractivity contribution >= 4 is 12.4 Å². The Labute approximate surface area is 158 Å². The molecule has 0 saturated carbocycles. The van der Waals surface area contributed by atoms with Gasteiger partial charge in [0.05, 0.1) is 18.8 Å². The molecule has 0 spiro atoms. The number of morpholine rings is 1. The standard InChI is InChI=1S/C17H23N5O2.CH2O2/c1-13(22-7-9-24-10-8-22)11-21(2)17(23)15-6-4-3-5-14(15)16-18-12-19-20-16;2-1-3/h3-6,12-13H,7-11H2,1-2H3,(H,18,19,20);1H,(H,2,3). The zero-order valence-corrected chi connectivity index (χ0v) is 15.5. The first-order chi connectivity index (χ1) is 13.1. The Morgan fingerprint density at radius 2 is 2.07 bits per heavy atom. The number of hydrogen-bond donors (Lipinski definition) is 2. The molecule has 0 radical (unpaired) electrons. The van der Waals surface area contributed by atoms with E-state index in [4.69, 9.17) is 14.6 Å². The van der Waals surface area contributed by atoms with Crippen molar-refractivity contribution in [3.05, 3.63) is 36.2 Å². The molecule has 1 aromatic heterocycles. The van der Waals surface area contributed by atoms with E-state index in [-0.39, 0.29) is 12.4 Å². The number of H-pyrrole nitrogens is 1. The number of benzene rings is 1. The lowest BCUT2D eigenvalue weighted by Gasteiger charge is -2.34. The average molecular weight is 375 g/mol. The van der Waals surface area contributed by atoms with Gasteiger partial charge in [0.1, 0.15) is 6.33 Å². The van der Waals surface area contributed by atoms with Crippen LogP contribution in [-0.4, -0.2) is 88.4 Å². The minimum absolute atomic E-state index is 0.0119. The number of nitrogens with zero attached hydrogens (tertiary/aromatic N) is 4. The molecular weight excluding hydrogens is 350 g/mol. The van der Waals surface area contributed by atoms with Crippen molar-refractivity contribution in [2.24, 2.45) is 0 Å². The normalized spacial score (nSPS) is 15.3. The smallest absolute Gasteiger partial charge is 0.290 e. The molecule has 2 heterocycles. The largest absolute Gasteiger partial charge is 0.483 e. The zero-order valence-electron chi connectivity index (χ0n) is 15.5. The molecule has 0 bridgehead atoms. The van der Waals surface area contributed by atoms with E-state index < -0.39 is 0 Å². The van der Waals surface area contributed by atoms with Gasteiger partial charge in [-0.05, 0) is 13.0 Å². The summed E-state index contributed by atoms with van der Waals surface area (Å²) in [6.45, 7) is 5.92. The summed E-state index contributed by atoms with van der Waals surface area (Å²) in [6.07, 6.45) is 1.45. The molecule has 1 unspecified atom stereocenters. The lowest BCUT2D eigenvalue weighted by molar-refractivity contribution is -0.122. The van der Waals surface area contributed by atoms with Crippen LogP contribution in [0, 0.1) is 0 Å². The van der Waals surface area contributed by atoms with Gasteiger partial charge >= 0.3 is 0 Å². The Morgan fingerprint density at radius 1 is 1.41 bits per heavy atom. The number of nitrogens with one attached hydrogen (secondary N) is 1. The van der Waals surface area contributed by atoms with Gasteiger partial charge < -0.3 is 14.7 Å². The van der Waals surface area contributed by atoms with E-state index in [0.29, 0.717) is 24.0 Å². The molecule has 9 heteroatoms. The van der Waals surface area contributed by atoms with E-state index in [2.05, 4.69) is 27.0 Å². The third-order valence-corrected chi connectivity index (χ3v) is 4.38. The number of rotatable bonds is 5. The van der Waals surface area contributed by atoms with Crippen LogP contribution < -0.4 is 0 Å². The monoisotopic (exact) mass is 375 g/mol. The zero-order chi connectivity index (χ0) is 19.6. The van der Waals surface area contributed by atoms with Gasteiger partial charge in [-0.1, -0.05) is 18.2 Å². The molecule has 2 aromatic rings. The van der Waals surface area contributed by atoms with Gasteiger partial charge in [0, 0.05) is 38.3 Å². The van der Waals surface area contributed by atoms with E-state index in [1.54, 1.807) is 4.90 Å². The number of carbonyl (C=O) groups excluding carboxylic acids is 1. The van der Waals surface area contributed by atoms with E-state index in [0.717, 1.165) is 31.9 Å². The summed E-state index contributed by atoms with van der Waals surface area (Å²) >= 11 is 0. The van der Waals surface area contributed by atoms with Crippen molar-refractivity contribution in [3.63, 3.8) is 0 Å². The number of aromatic amines is 1. The van der Waals surface area contributed by atoms with Gasteiger partial charge in [-0.3, -0.25) is 19.6 Å². The van der Waals surface area contributed by atoms with Crippen LogP contribution in [-0.2, 0) is 9.53 Å². The number of likely N-dealkylation sites (N-methyl/N-ethyl adjacent to an activating group) is 1. The molecule has 9 nitrogen and oxygen atoms in total. The SMILES string of the molecule is CC(CN(C)C(=O)c1ccccc1-c1ncn[nH]1)N1CCOCC1.O=CO. The van der Waals surface area contributed by atoms with Gasteiger partial charge in [-0.2, -0.15) is 5.10 Å². The minimum atomic E-state index is -0.250. The van der Waals surface area contributed by atoms with Gasteiger partial charge in [0.2, 0.25) is 0 Å². The van der Waals surface area contributed by atoms with Gasteiger partial charge in [0.15, 0.2) is 5.82 Å². The Morgan fingerprint density at radius 3 is 2.70 bits per heavy atom. The summed E-state index contributed by atoms with van der Waals surface area (Å²) in [7, 11) is 1.84. The molecule has 1 atom stereocenters. The van der Waals surface area contributed by atoms with Crippen LogP contribution in [0.3, 0.4) is 0 Å². The van der Waals surface area contributed by atoms with Gasteiger partial charge in [-0.25, -0.2) is 4.98 Å². The van der Waals surface area contributed by atoms with E-state index in [1.165, 1.54) is 6.33 Å². The van der Waals surface area contributed by atoms with Crippen molar-refractivity contribution in [3.8, 4) is 11.4 Å². The molecule has 146 valence electrons. The van der Waals surface area contributed by atoms with Gasteiger partial charge in [-0.15, -0.1) is 0 Å². The first kappa shape index (κ1) is 20.5. The fourth-order valence-corrected chi connectivity index (χ4v) is 3.03. The lowest BCUT2D eigenvalue weighted by atomic mass is 10.1. The van der Waals surface area contributed by atoms with E-state index in [1.807, 2.05) is 31.3 Å². The minimum Gasteiger partial charge on any atom is -0.483 e. The molecule has 1 saturated heterocycles. The highest BCUT2D eigenvalue weighted by Gasteiger charge is 2.22. The predicted molar refractivity (Wildman–Crippen MR) is 99.3 cm³/mol. The van der Waals surface area contributed by atoms with Crippen LogP contribution in [0.4, 0.5) is 0 Å². The van der Waals surface area contributed by atoms with Crippen LogP contribution in [0.15, 0.2) is 30.6 Å². The third-order valence-electron chi connectivity index (χ3n) is 4.38. The summed E-state index contributed by atoms with van der Waals surface area (Å²) in [5, 5.41) is 13.6. The highest BCUT2D eigenvalue weighted by molar-refractivity contribution is 6.00. The fraction of sp³-hybridized carbons (Fsp3) is 0.444. The maximum atomic E-state index is 12.9. The van der Waals surface area contributed by atoms with Crippen LogP contribution in [0.2, 0.25) is 0 Å². The first-order valence-corrected chi connectivity index (χ1v) is 8.68. The van der Waals surface area contributed by atoms with Crippen LogP contribution in [0.5, 0.6) is 0 Å². The first-order valence-electron chi connectivity index (χ1n) is 8.68. The Hall–Kier alpha value is -2.78. The fourth-order valence-electron chi connectivity index (χ4n) is 3.03. The Kier molecular flexibility index (Phi) is 7.90. The molecule has 27 heavy (non-hydrogen) atoms. The highest BCUT2D eigenvalue weighted by Crippen LogP contribution is 2.21. The topological polar surface area (TPSA) is 112 Å². The summed E-state index contributed by atoms with van der Waals surface area (Å²) in [4.78, 5) is 29.6. The van der Waals surface area contributed by atoms with Crippen molar-refractivity contribution in [2.75, 3.05) is 39.9 Å².